The molecule has 3 atom stereocenters. The highest BCUT2D eigenvalue weighted by atomic mass is 16.5. The maximum atomic E-state index is 12.5. The number of aromatic amines is 1. The molecule has 3 rings (SSSR count). The number of nitrogens with zero attached hydrogens (tertiary/aromatic N) is 3. The summed E-state index contributed by atoms with van der Waals surface area (Å²) in [5.41, 5.74) is 4.61. The van der Waals surface area contributed by atoms with Crippen molar-refractivity contribution in [3.63, 3.8) is 0 Å². The molecule has 1 aliphatic heterocycles. The normalized spacial score (nSPS) is 25.1. The van der Waals surface area contributed by atoms with Crippen LogP contribution in [-0.2, 0) is 11.3 Å². The van der Waals surface area contributed by atoms with Crippen molar-refractivity contribution in [2.75, 3.05) is 12.3 Å². The third-order valence-electron chi connectivity index (χ3n) is 3.77. The lowest BCUT2D eigenvalue weighted by atomic mass is 10.2. The monoisotopic (exact) mass is 311 g/mol. The molecule has 0 radical (unpaired) electrons. The van der Waals surface area contributed by atoms with Gasteiger partial charge in [0.25, 0.3) is 5.56 Å². The number of hydrogen-bond acceptors (Lipinski definition) is 7. The van der Waals surface area contributed by atoms with Crippen molar-refractivity contribution in [2.45, 2.75) is 38.3 Å². The third kappa shape index (κ3) is 2.03. The van der Waals surface area contributed by atoms with Crippen molar-refractivity contribution in [1.82, 2.24) is 19.1 Å². The van der Waals surface area contributed by atoms with Crippen molar-refractivity contribution in [3.05, 3.63) is 20.8 Å². The number of nitrogens with one attached hydrogen (secondary N) is 1. The molecule has 3 unspecified atom stereocenters. The van der Waals surface area contributed by atoms with E-state index in [1.54, 1.807) is 6.92 Å². The first kappa shape index (κ1) is 14.8. The smallest absolute Gasteiger partial charge is 0.332 e. The van der Waals surface area contributed by atoms with E-state index in [1.165, 1.54) is 4.57 Å². The minimum Gasteiger partial charge on any atom is -0.394 e. The number of imidazole rings is 1. The number of anilines is 1. The van der Waals surface area contributed by atoms with Crippen LogP contribution in [0.4, 0.5) is 5.95 Å². The fraction of sp³-hybridized carbons (Fsp3) is 0.583. The Morgan fingerprint density at radius 2 is 2.23 bits per heavy atom. The Kier molecular flexibility index (Phi) is 3.51. The summed E-state index contributed by atoms with van der Waals surface area (Å²) in [4.78, 5) is 31.0. The van der Waals surface area contributed by atoms with Crippen molar-refractivity contribution in [2.24, 2.45) is 0 Å². The van der Waals surface area contributed by atoms with E-state index >= 15 is 0 Å². The summed E-state index contributed by atoms with van der Waals surface area (Å²) >= 11 is 0. The molecule has 10 heteroatoms. The van der Waals surface area contributed by atoms with E-state index in [2.05, 4.69) is 9.97 Å². The Morgan fingerprint density at radius 1 is 1.50 bits per heavy atom. The number of H-pyrrole nitrogens is 1. The van der Waals surface area contributed by atoms with Crippen LogP contribution in [0, 0.1) is 0 Å². The van der Waals surface area contributed by atoms with Gasteiger partial charge in [-0.2, -0.15) is 4.98 Å². The van der Waals surface area contributed by atoms with Crippen LogP contribution in [0.5, 0.6) is 0 Å². The van der Waals surface area contributed by atoms with Gasteiger partial charge in [0.05, 0.1) is 12.7 Å². The lowest BCUT2D eigenvalue weighted by molar-refractivity contribution is -0.0505. The van der Waals surface area contributed by atoms with Gasteiger partial charge in [-0.05, 0) is 6.92 Å². The van der Waals surface area contributed by atoms with Gasteiger partial charge in [-0.3, -0.25) is 14.3 Å². The van der Waals surface area contributed by atoms with Crippen molar-refractivity contribution in [3.8, 4) is 0 Å². The molecule has 0 aliphatic carbocycles. The Bertz CT molecular complexity index is 822. The first-order valence-electron chi connectivity index (χ1n) is 6.92. The van der Waals surface area contributed by atoms with Gasteiger partial charge in [-0.1, -0.05) is 0 Å². The summed E-state index contributed by atoms with van der Waals surface area (Å²) in [5, 5.41) is 19.2. The number of fused-ring (bicyclic) bond motifs is 1. The van der Waals surface area contributed by atoms with E-state index in [1.807, 2.05) is 0 Å². The van der Waals surface area contributed by atoms with Gasteiger partial charge in [-0.15, -0.1) is 0 Å². The van der Waals surface area contributed by atoms with E-state index in [0.717, 1.165) is 4.57 Å². The van der Waals surface area contributed by atoms with E-state index < -0.39 is 29.7 Å². The fourth-order valence-corrected chi connectivity index (χ4v) is 2.80. The molecule has 1 aliphatic rings. The standard InChI is InChI=1S/C12H17N5O5/c1-2-16-7-8(14-11(13)15-9(7)20)17(12(16)21)10-6(19)3-5(4-18)22-10/h5-6,10,18-19H,2-4H2,1H3,(H3,13,14,15,20). The van der Waals surface area contributed by atoms with E-state index in [-0.39, 0.29) is 36.7 Å². The van der Waals surface area contributed by atoms with Gasteiger partial charge in [0, 0.05) is 13.0 Å². The Balaban J connectivity index is 2.28. The number of nitrogens with two attached hydrogens (primary N) is 1. The van der Waals surface area contributed by atoms with Gasteiger partial charge in [-0.25, -0.2) is 9.36 Å². The molecular weight excluding hydrogens is 294 g/mol. The number of rotatable bonds is 3. The highest BCUT2D eigenvalue weighted by Crippen LogP contribution is 2.29. The molecule has 0 saturated carbocycles. The molecule has 1 fully saturated rings. The molecule has 120 valence electrons. The van der Waals surface area contributed by atoms with Gasteiger partial charge >= 0.3 is 5.69 Å². The molecule has 2 aromatic rings. The molecule has 10 nitrogen and oxygen atoms in total. The predicted molar refractivity (Wildman–Crippen MR) is 76.3 cm³/mol. The van der Waals surface area contributed by atoms with Crippen molar-refractivity contribution < 1.29 is 14.9 Å². The predicted octanol–water partition coefficient (Wildman–Crippen LogP) is -1.87. The molecule has 0 spiro atoms. The summed E-state index contributed by atoms with van der Waals surface area (Å²) < 4.78 is 7.85. The lowest BCUT2D eigenvalue weighted by Gasteiger charge is -2.15. The largest absolute Gasteiger partial charge is 0.394 e. The Hall–Kier alpha value is -2.17. The van der Waals surface area contributed by atoms with E-state index in [4.69, 9.17) is 15.6 Å². The fourth-order valence-electron chi connectivity index (χ4n) is 2.80. The minimum absolute atomic E-state index is 0.0516. The zero-order valence-electron chi connectivity index (χ0n) is 11.9. The summed E-state index contributed by atoms with van der Waals surface area (Å²) in [7, 11) is 0. The number of ether oxygens (including phenoxy) is 1. The molecule has 0 amide bonds. The quantitative estimate of drug-likeness (QED) is 0.519. The number of aromatic nitrogens is 4. The van der Waals surface area contributed by atoms with Crippen molar-refractivity contribution >= 4 is 17.1 Å². The summed E-state index contributed by atoms with van der Waals surface area (Å²) in [6.07, 6.45) is -2.40. The van der Waals surface area contributed by atoms with Crippen LogP contribution >= 0.6 is 0 Å². The summed E-state index contributed by atoms with van der Waals surface area (Å²) in [6, 6.07) is 0. The minimum atomic E-state index is -1.02. The average Bonchev–Trinajstić information content (AvgIpc) is 2.96. The van der Waals surface area contributed by atoms with Gasteiger partial charge in [0.2, 0.25) is 5.95 Å². The first-order valence-corrected chi connectivity index (χ1v) is 6.92. The zero-order valence-corrected chi connectivity index (χ0v) is 11.9. The van der Waals surface area contributed by atoms with Gasteiger partial charge in [0.1, 0.15) is 6.10 Å². The van der Waals surface area contributed by atoms with Crippen LogP contribution in [-0.4, -0.2) is 48.1 Å². The maximum absolute atomic E-state index is 12.5. The molecule has 0 aromatic carbocycles. The second kappa shape index (κ2) is 5.23. The van der Waals surface area contributed by atoms with Crippen LogP contribution in [0.3, 0.4) is 0 Å². The molecule has 22 heavy (non-hydrogen) atoms. The SMILES string of the molecule is CCn1c(=O)n(C2OC(CO)CC2O)c2nc(N)[nH]c(=O)c21. The maximum Gasteiger partial charge on any atom is 0.332 e. The number of aliphatic hydroxyl groups excluding tert-OH is 2. The highest BCUT2D eigenvalue weighted by Gasteiger charge is 2.38. The Morgan fingerprint density at radius 3 is 2.82 bits per heavy atom. The molecule has 0 bridgehead atoms. The van der Waals surface area contributed by atoms with Gasteiger partial charge in [0.15, 0.2) is 17.4 Å². The number of aryl methyl sites for hydroxylation is 1. The van der Waals surface area contributed by atoms with Crippen LogP contribution in [0.25, 0.3) is 11.2 Å². The van der Waals surface area contributed by atoms with Crippen LogP contribution in [0.1, 0.15) is 19.6 Å². The highest BCUT2D eigenvalue weighted by molar-refractivity contribution is 5.71. The summed E-state index contributed by atoms with van der Waals surface area (Å²) in [6.45, 7) is 1.69. The molecule has 5 N–H and O–H groups in total. The number of hydrogen-bond donors (Lipinski definition) is 4. The molecule has 2 aromatic heterocycles. The topological polar surface area (TPSA) is 148 Å². The molecule has 3 heterocycles. The second-order valence-electron chi connectivity index (χ2n) is 5.15. The second-order valence-corrected chi connectivity index (χ2v) is 5.15. The van der Waals surface area contributed by atoms with Crippen LogP contribution in [0.2, 0.25) is 0 Å². The molecular formula is C12H17N5O5. The lowest BCUT2D eigenvalue weighted by Crippen LogP contribution is -2.31. The molecule has 1 saturated heterocycles. The van der Waals surface area contributed by atoms with Crippen LogP contribution < -0.4 is 17.0 Å². The Labute approximate surface area is 123 Å². The van der Waals surface area contributed by atoms with E-state index in [9.17, 15) is 14.7 Å². The number of aliphatic hydroxyl groups is 2. The van der Waals surface area contributed by atoms with Gasteiger partial charge < -0.3 is 20.7 Å². The third-order valence-corrected chi connectivity index (χ3v) is 3.77. The first-order chi connectivity index (χ1) is 10.5. The van der Waals surface area contributed by atoms with Crippen LogP contribution in [0.15, 0.2) is 9.59 Å². The average molecular weight is 311 g/mol. The van der Waals surface area contributed by atoms with Crippen molar-refractivity contribution in [1.29, 1.82) is 0 Å². The zero-order chi connectivity index (χ0) is 16.0. The number of nitrogen functional groups attached to an aromatic ring is 1. The van der Waals surface area contributed by atoms with E-state index in [0.29, 0.717) is 0 Å². The summed E-state index contributed by atoms with van der Waals surface area (Å²) in [5.74, 6) is -0.134.